The lowest BCUT2D eigenvalue weighted by atomic mass is 10.3. The Morgan fingerprint density at radius 3 is 1.33 bits per heavy atom. The molecule has 0 unspecified atom stereocenters. The standard InChI is InChI=1S/C4H10N2/c5-3-1-2-4-6/h5-6H,1-4H2. The molecule has 2 heteroatoms. The summed E-state index contributed by atoms with van der Waals surface area (Å²) in [5, 5.41) is 0. The van der Waals surface area contributed by atoms with E-state index in [1.54, 1.807) is 0 Å². The van der Waals surface area contributed by atoms with E-state index in [4.69, 9.17) is 11.5 Å². The van der Waals surface area contributed by atoms with Crippen molar-refractivity contribution < 1.29 is 0 Å². The van der Waals surface area contributed by atoms with Crippen LogP contribution in [-0.4, -0.2) is 13.1 Å². The van der Waals surface area contributed by atoms with Gasteiger partial charge in [0.1, 0.15) is 0 Å². The summed E-state index contributed by atoms with van der Waals surface area (Å²) in [7, 11) is 0. The Morgan fingerprint density at radius 1 is 0.833 bits per heavy atom. The first-order chi connectivity index (χ1) is 2.91. The molecule has 0 fully saturated rings. The molecule has 0 amide bonds. The molecule has 0 atom stereocenters. The van der Waals surface area contributed by atoms with E-state index in [-0.39, 0.29) is 0 Å². The van der Waals surface area contributed by atoms with Gasteiger partial charge in [-0.15, -0.1) is 0 Å². The molecule has 36 valence electrons. The van der Waals surface area contributed by atoms with E-state index < -0.39 is 0 Å². The second-order valence-electron chi connectivity index (χ2n) is 1.21. The smallest absolute Gasteiger partial charge is 0.0100 e. The van der Waals surface area contributed by atoms with Crippen LogP contribution in [-0.2, 0) is 0 Å². The third-order valence-electron chi connectivity index (χ3n) is 0.604. The van der Waals surface area contributed by atoms with Crippen molar-refractivity contribution in [3.63, 3.8) is 0 Å². The van der Waals surface area contributed by atoms with Gasteiger partial charge in [0.05, 0.1) is 0 Å². The normalized spacial score (nSPS) is 9.00. The second-order valence-corrected chi connectivity index (χ2v) is 1.21. The van der Waals surface area contributed by atoms with Gasteiger partial charge in [-0.25, -0.2) is 0 Å². The molecule has 0 aromatic carbocycles. The van der Waals surface area contributed by atoms with E-state index in [1.807, 2.05) is 0 Å². The average molecular weight is 86.1 g/mol. The molecule has 0 aliphatic heterocycles. The Morgan fingerprint density at radius 2 is 1.17 bits per heavy atom. The quantitative estimate of drug-likeness (QED) is 0.444. The van der Waals surface area contributed by atoms with E-state index >= 15 is 0 Å². The first kappa shape index (κ1) is 5.92. The van der Waals surface area contributed by atoms with Crippen molar-refractivity contribution in [3.05, 3.63) is 0 Å². The van der Waals surface area contributed by atoms with Crippen molar-refractivity contribution >= 4 is 0 Å². The zero-order valence-corrected chi connectivity index (χ0v) is 3.83. The molecule has 0 aromatic rings. The summed E-state index contributed by atoms with van der Waals surface area (Å²) in [5.74, 6) is 0. The third-order valence-corrected chi connectivity index (χ3v) is 0.604. The lowest BCUT2D eigenvalue weighted by Gasteiger charge is -1.85. The highest BCUT2D eigenvalue weighted by Crippen LogP contribution is 1.79. The fourth-order valence-corrected chi connectivity index (χ4v) is 0.250. The SMILES string of the molecule is [NH]CCCC[NH]. The molecule has 0 rings (SSSR count). The van der Waals surface area contributed by atoms with Crippen LogP contribution in [0.1, 0.15) is 12.8 Å². The predicted octanol–water partition coefficient (Wildman–Crippen LogP) is 0.332. The van der Waals surface area contributed by atoms with Gasteiger partial charge in [0.25, 0.3) is 0 Å². The number of rotatable bonds is 3. The van der Waals surface area contributed by atoms with E-state index in [1.165, 1.54) is 0 Å². The van der Waals surface area contributed by atoms with Crippen LogP contribution in [0.5, 0.6) is 0 Å². The van der Waals surface area contributed by atoms with Crippen LogP contribution < -0.4 is 11.5 Å². The van der Waals surface area contributed by atoms with Crippen LogP contribution in [0.25, 0.3) is 0 Å². The van der Waals surface area contributed by atoms with Crippen molar-refractivity contribution in [1.29, 1.82) is 0 Å². The molecule has 0 heterocycles. The molecular formula is C4H10N2. The lowest BCUT2D eigenvalue weighted by molar-refractivity contribution is 0.736. The summed E-state index contributed by atoms with van der Waals surface area (Å²) in [6.45, 7) is 0.970. The topological polar surface area (TPSA) is 47.6 Å². The minimum absolute atomic E-state index is 0.485. The second kappa shape index (κ2) is 4.92. The van der Waals surface area contributed by atoms with Crippen molar-refractivity contribution in [3.8, 4) is 0 Å². The summed E-state index contributed by atoms with van der Waals surface area (Å²) >= 11 is 0. The van der Waals surface area contributed by atoms with E-state index in [0.717, 1.165) is 12.8 Å². The molecule has 2 radical (unpaired) electrons. The highest BCUT2D eigenvalue weighted by molar-refractivity contribution is 4.37. The third kappa shape index (κ3) is 3.92. The molecule has 0 saturated heterocycles. The van der Waals surface area contributed by atoms with Gasteiger partial charge in [-0.2, -0.15) is 0 Å². The number of nitrogens with one attached hydrogen (secondary N) is 2. The van der Waals surface area contributed by atoms with E-state index in [0.29, 0.717) is 13.1 Å². The largest absolute Gasteiger partial charge is 0.258 e. The molecule has 6 heavy (non-hydrogen) atoms. The van der Waals surface area contributed by atoms with Gasteiger partial charge >= 0.3 is 0 Å². The number of hydrogen-bond donors (Lipinski definition) is 0. The number of hydrogen-bond acceptors (Lipinski definition) is 0. The molecule has 2 nitrogen and oxygen atoms in total. The van der Waals surface area contributed by atoms with Crippen LogP contribution in [0.4, 0.5) is 0 Å². The molecular weight excluding hydrogens is 76.1 g/mol. The molecule has 0 bridgehead atoms. The minimum Gasteiger partial charge on any atom is -0.258 e. The van der Waals surface area contributed by atoms with E-state index in [9.17, 15) is 0 Å². The predicted molar refractivity (Wildman–Crippen MR) is 25.2 cm³/mol. The molecule has 0 saturated carbocycles. The zero-order chi connectivity index (χ0) is 4.83. The number of unbranched alkanes of at least 4 members (excludes halogenated alkanes) is 1. The van der Waals surface area contributed by atoms with Gasteiger partial charge in [0, 0.05) is 13.1 Å². The van der Waals surface area contributed by atoms with Crippen LogP contribution in [0.3, 0.4) is 0 Å². The molecule has 0 spiro atoms. The molecule has 0 aromatic heterocycles. The lowest BCUT2D eigenvalue weighted by Crippen LogP contribution is -1.89. The summed E-state index contributed by atoms with van der Waals surface area (Å²) < 4.78 is 0. The first-order valence-corrected chi connectivity index (χ1v) is 2.21. The van der Waals surface area contributed by atoms with Gasteiger partial charge in [-0.3, -0.25) is 11.5 Å². The van der Waals surface area contributed by atoms with Gasteiger partial charge in [-0.05, 0) is 12.8 Å². The van der Waals surface area contributed by atoms with Crippen molar-refractivity contribution in [2.45, 2.75) is 12.8 Å². The summed E-state index contributed by atoms with van der Waals surface area (Å²) in [6.07, 6.45) is 1.78. The molecule has 2 N–H and O–H groups in total. The minimum atomic E-state index is 0.485. The fraction of sp³-hybridized carbons (Fsp3) is 1.00. The highest BCUT2D eigenvalue weighted by atomic mass is 14.5. The first-order valence-electron chi connectivity index (χ1n) is 2.21. The van der Waals surface area contributed by atoms with Gasteiger partial charge in [0.2, 0.25) is 0 Å². The van der Waals surface area contributed by atoms with Crippen LogP contribution in [0.2, 0.25) is 0 Å². The average Bonchev–Trinajstić information content (AvgIpc) is 1.61. The van der Waals surface area contributed by atoms with Gasteiger partial charge < -0.3 is 0 Å². The summed E-state index contributed by atoms with van der Waals surface area (Å²) in [5.41, 5.74) is 13.2. The highest BCUT2D eigenvalue weighted by Gasteiger charge is 1.76. The summed E-state index contributed by atoms with van der Waals surface area (Å²) in [6, 6.07) is 0. The Kier molecular flexibility index (Phi) is 4.85. The van der Waals surface area contributed by atoms with Crippen LogP contribution in [0, 0.1) is 0 Å². The Labute approximate surface area is 38.5 Å². The Balaban J connectivity index is 2.34. The fourth-order valence-electron chi connectivity index (χ4n) is 0.250. The van der Waals surface area contributed by atoms with Gasteiger partial charge in [0.15, 0.2) is 0 Å². The maximum atomic E-state index is 6.62. The molecule has 0 aliphatic rings. The van der Waals surface area contributed by atoms with E-state index in [2.05, 4.69) is 0 Å². The van der Waals surface area contributed by atoms with Crippen LogP contribution >= 0.6 is 0 Å². The zero-order valence-electron chi connectivity index (χ0n) is 3.83. The van der Waals surface area contributed by atoms with Crippen molar-refractivity contribution in [2.75, 3.05) is 13.1 Å². The van der Waals surface area contributed by atoms with Crippen LogP contribution in [0.15, 0.2) is 0 Å². The van der Waals surface area contributed by atoms with Gasteiger partial charge in [-0.1, -0.05) is 0 Å². The van der Waals surface area contributed by atoms with Crippen molar-refractivity contribution in [2.24, 2.45) is 0 Å². The monoisotopic (exact) mass is 86.1 g/mol. The van der Waals surface area contributed by atoms with Crippen molar-refractivity contribution in [1.82, 2.24) is 11.5 Å². The maximum absolute atomic E-state index is 6.62. The Bertz CT molecular complexity index is 17.5. The maximum Gasteiger partial charge on any atom is 0.0100 e. The summed E-state index contributed by atoms with van der Waals surface area (Å²) in [4.78, 5) is 0. The Hall–Kier alpha value is -0.0800. The molecule has 0 aliphatic carbocycles.